The number of amides is 1. The second-order valence-corrected chi connectivity index (χ2v) is 5.60. The molecular weight excluding hydrogens is 306 g/mol. The van der Waals surface area contributed by atoms with Crippen LogP contribution in [0.25, 0.3) is 5.78 Å². The van der Waals surface area contributed by atoms with Crippen molar-refractivity contribution in [3.05, 3.63) is 47.2 Å². The van der Waals surface area contributed by atoms with E-state index in [0.717, 1.165) is 22.8 Å². The van der Waals surface area contributed by atoms with Crippen molar-refractivity contribution in [2.24, 2.45) is 0 Å². The van der Waals surface area contributed by atoms with Gasteiger partial charge in [0.25, 0.3) is 11.7 Å². The first-order valence-electron chi connectivity index (χ1n) is 7.68. The van der Waals surface area contributed by atoms with Crippen LogP contribution < -0.4 is 10.6 Å². The number of anilines is 1. The molecule has 0 fully saturated rings. The molecule has 0 saturated heterocycles. The van der Waals surface area contributed by atoms with Crippen molar-refractivity contribution in [2.45, 2.75) is 20.8 Å². The predicted molar refractivity (Wildman–Crippen MR) is 90.1 cm³/mol. The number of nitrogens with one attached hydrogen (secondary N) is 2. The summed E-state index contributed by atoms with van der Waals surface area (Å²) in [6.45, 7) is 6.79. The molecule has 124 valence electrons. The fraction of sp³-hybridized carbons (Fsp3) is 0.312. The zero-order valence-electron chi connectivity index (χ0n) is 13.9. The van der Waals surface area contributed by atoms with E-state index in [1.807, 2.05) is 39.0 Å². The van der Waals surface area contributed by atoms with Crippen molar-refractivity contribution in [1.29, 1.82) is 0 Å². The van der Waals surface area contributed by atoms with Crippen LogP contribution in [0, 0.1) is 20.8 Å². The molecule has 0 spiro atoms. The molecule has 8 nitrogen and oxygen atoms in total. The zero-order valence-corrected chi connectivity index (χ0v) is 13.9. The van der Waals surface area contributed by atoms with E-state index in [4.69, 9.17) is 0 Å². The fourth-order valence-electron chi connectivity index (χ4n) is 2.46. The molecule has 8 heteroatoms. The van der Waals surface area contributed by atoms with Crippen molar-refractivity contribution in [1.82, 2.24) is 29.9 Å². The highest BCUT2D eigenvalue weighted by molar-refractivity contribution is 5.91. The molecule has 3 aromatic rings. The number of rotatable bonds is 5. The number of aryl methyl sites for hydroxylation is 3. The third-order valence-corrected chi connectivity index (χ3v) is 3.53. The topological polar surface area (TPSA) is 97.1 Å². The van der Waals surface area contributed by atoms with Gasteiger partial charge >= 0.3 is 0 Å². The van der Waals surface area contributed by atoms with Crippen molar-refractivity contribution < 1.29 is 4.79 Å². The third kappa shape index (κ3) is 3.32. The van der Waals surface area contributed by atoms with Gasteiger partial charge in [0.1, 0.15) is 5.82 Å². The fourth-order valence-corrected chi connectivity index (χ4v) is 2.46. The van der Waals surface area contributed by atoms with Gasteiger partial charge in [0, 0.05) is 30.7 Å². The summed E-state index contributed by atoms with van der Waals surface area (Å²) in [4.78, 5) is 20.8. The molecule has 0 unspecified atom stereocenters. The third-order valence-electron chi connectivity index (χ3n) is 3.53. The molecule has 0 aliphatic carbocycles. The van der Waals surface area contributed by atoms with Gasteiger partial charge < -0.3 is 10.6 Å². The Labute approximate surface area is 139 Å². The molecule has 0 bridgehead atoms. The highest BCUT2D eigenvalue weighted by atomic mass is 16.2. The van der Waals surface area contributed by atoms with E-state index in [-0.39, 0.29) is 11.7 Å². The van der Waals surface area contributed by atoms with Gasteiger partial charge in [-0.1, -0.05) is 0 Å². The number of pyridine rings is 1. The van der Waals surface area contributed by atoms with Crippen LogP contribution >= 0.6 is 0 Å². The number of aromatic nitrogens is 5. The number of carbonyl (C=O) groups is 1. The smallest absolute Gasteiger partial charge is 0.289 e. The van der Waals surface area contributed by atoms with E-state index in [1.54, 1.807) is 10.6 Å². The van der Waals surface area contributed by atoms with E-state index in [0.29, 0.717) is 18.9 Å². The summed E-state index contributed by atoms with van der Waals surface area (Å²) in [7, 11) is 0. The maximum absolute atomic E-state index is 12.3. The number of fused-ring (bicyclic) bond motifs is 1. The Morgan fingerprint density at radius 3 is 2.79 bits per heavy atom. The first-order valence-corrected chi connectivity index (χ1v) is 7.68. The summed E-state index contributed by atoms with van der Waals surface area (Å²) in [6.07, 6.45) is 1.75. The lowest BCUT2D eigenvalue weighted by Crippen LogP contribution is -2.30. The number of hydrogen-bond donors (Lipinski definition) is 2. The predicted octanol–water partition coefficient (Wildman–Crippen LogP) is 1.29. The average molecular weight is 325 g/mol. The zero-order chi connectivity index (χ0) is 17.1. The number of hydrogen-bond acceptors (Lipinski definition) is 6. The Morgan fingerprint density at radius 2 is 2.00 bits per heavy atom. The summed E-state index contributed by atoms with van der Waals surface area (Å²) < 4.78 is 1.65. The van der Waals surface area contributed by atoms with Crippen molar-refractivity contribution in [3.8, 4) is 0 Å². The SMILES string of the molecule is Cc1ccnc(NCCNC(=O)c2nnc3nc(C)cc(C)n23)c1. The normalized spacial score (nSPS) is 10.8. The molecule has 0 aromatic carbocycles. The van der Waals surface area contributed by atoms with Crippen LogP contribution in [-0.2, 0) is 0 Å². The first kappa shape index (κ1) is 15.9. The lowest BCUT2D eigenvalue weighted by Gasteiger charge is -2.08. The van der Waals surface area contributed by atoms with E-state index in [1.165, 1.54) is 0 Å². The van der Waals surface area contributed by atoms with Crippen molar-refractivity contribution in [2.75, 3.05) is 18.4 Å². The molecular formula is C16H19N7O. The molecule has 0 saturated carbocycles. The number of carbonyl (C=O) groups excluding carboxylic acids is 1. The molecule has 1 amide bonds. The van der Waals surface area contributed by atoms with Gasteiger partial charge in [0.2, 0.25) is 5.82 Å². The Morgan fingerprint density at radius 1 is 1.17 bits per heavy atom. The minimum atomic E-state index is -0.282. The van der Waals surface area contributed by atoms with Crippen LogP contribution in [0.4, 0.5) is 5.82 Å². The van der Waals surface area contributed by atoms with Crippen LogP contribution in [0.3, 0.4) is 0 Å². The van der Waals surface area contributed by atoms with Gasteiger partial charge in [-0.05, 0) is 44.5 Å². The quantitative estimate of drug-likeness (QED) is 0.686. The summed E-state index contributed by atoms with van der Waals surface area (Å²) in [5, 5.41) is 13.9. The largest absolute Gasteiger partial charge is 0.368 e. The summed E-state index contributed by atoms with van der Waals surface area (Å²) >= 11 is 0. The lowest BCUT2D eigenvalue weighted by molar-refractivity contribution is 0.0943. The van der Waals surface area contributed by atoms with Crippen LogP contribution in [0.1, 0.15) is 27.6 Å². The first-order chi connectivity index (χ1) is 11.5. The maximum Gasteiger partial charge on any atom is 0.289 e. The Balaban J connectivity index is 1.61. The standard InChI is InChI=1S/C16H19N7O/c1-10-4-5-17-13(8-10)18-6-7-19-15(24)14-21-22-16-20-11(2)9-12(3)23(14)16/h4-5,8-9H,6-7H2,1-3H3,(H,17,18)(H,19,24). The highest BCUT2D eigenvalue weighted by Gasteiger charge is 2.16. The molecule has 2 N–H and O–H groups in total. The monoisotopic (exact) mass is 325 g/mol. The second kappa shape index (κ2) is 6.61. The van der Waals surface area contributed by atoms with Gasteiger partial charge in [-0.25, -0.2) is 9.97 Å². The Kier molecular flexibility index (Phi) is 4.37. The van der Waals surface area contributed by atoms with Crippen LogP contribution in [0.5, 0.6) is 0 Å². The second-order valence-electron chi connectivity index (χ2n) is 5.60. The van der Waals surface area contributed by atoms with Gasteiger partial charge in [-0.2, -0.15) is 0 Å². The highest BCUT2D eigenvalue weighted by Crippen LogP contribution is 2.08. The van der Waals surface area contributed by atoms with Crippen LogP contribution in [0.2, 0.25) is 0 Å². The Bertz CT molecular complexity index is 887. The van der Waals surface area contributed by atoms with Gasteiger partial charge in [0.15, 0.2) is 0 Å². The van der Waals surface area contributed by atoms with E-state index in [2.05, 4.69) is 30.8 Å². The number of nitrogens with zero attached hydrogens (tertiary/aromatic N) is 5. The van der Waals surface area contributed by atoms with E-state index in [9.17, 15) is 4.79 Å². The maximum atomic E-state index is 12.3. The van der Waals surface area contributed by atoms with E-state index < -0.39 is 0 Å². The molecule has 3 heterocycles. The molecule has 0 aliphatic heterocycles. The summed E-state index contributed by atoms with van der Waals surface area (Å²) in [5.41, 5.74) is 2.84. The molecule has 3 aromatic heterocycles. The van der Waals surface area contributed by atoms with E-state index >= 15 is 0 Å². The molecule has 24 heavy (non-hydrogen) atoms. The minimum Gasteiger partial charge on any atom is -0.368 e. The van der Waals surface area contributed by atoms with Crippen molar-refractivity contribution in [3.63, 3.8) is 0 Å². The molecule has 0 atom stereocenters. The summed E-state index contributed by atoms with van der Waals surface area (Å²) in [5.74, 6) is 1.17. The van der Waals surface area contributed by atoms with Crippen molar-refractivity contribution >= 4 is 17.5 Å². The summed E-state index contributed by atoms with van der Waals surface area (Å²) in [6, 6.07) is 5.77. The van der Waals surface area contributed by atoms with Crippen LogP contribution in [-0.4, -0.2) is 43.6 Å². The lowest BCUT2D eigenvalue weighted by atomic mass is 10.3. The molecule has 0 aliphatic rings. The average Bonchev–Trinajstić information content (AvgIpc) is 2.95. The van der Waals surface area contributed by atoms with Gasteiger partial charge in [-0.3, -0.25) is 9.20 Å². The molecule has 0 radical (unpaired) electrons. The minimum absolute atomic E-state index is 0.240. The van der Waals surface area contributed by atoms with Gasteiger partial charge in [-0.15, -0.1) is 10.2 Å². The molecule has 3 rings (SSSR count). The van der Waals surface area contributed by atoms with Gasteiger partial charge in [0.05, 0.1) is 0 Å². The Hall–Kier alpha value is -3.03. The van der Waals surface area contributed by atoms with Crippen LogP contribution in [0.15, 0.2) is 24.4 Å².